The average Bonchev–Trinajstić information content (AvgIpc) is 2.79. The predicted molar refractivity (Wildman–Crippen MR) is 122 cm³/mol. The van der Waals surface area contributed by atoms with Crippen molar-refractivity contribution in [3.05, 3.63) is 0 Å². The van der Waals surface area contributed by atoms with Crippen molar-refractivity contribution in [1.82, 2.24) is 10.6 Å². The molecule has 0 aromatic carbocycles. The lowest BCUT2D eigenvalue weighted by Crippen LogP contribution is -2.43. The molecule has 3 N–H and O–H groups in total. The summed E-state index contributed by atoms with van der Waals surface area (Å²) >= 11 is 0. The molecule has 0 saturated heterocycles. The zero-order valence-corrected chi connectivity index (χ0v) is 20.7. The first-order valence-electron chi connectivity index (χ1n) is 11.4. The molecule has 10 heteroatoms. The van der Waals surface area contributed by atoms with Gasteiger partial charge >= 0.3 is 8.80 Å². The van der Waals surface area contributed by atoms with Crippen LogP contribution >= 0.6 is 0 Å². The zero-order chi connectivity index (χ0) is 23.2. The molecule has 0 aliphatic carbocycles. The van der Waals surface area contributed by atoms with Gasteiger partial charge in [0.1, 0.15) is 0 Å². The molecule has 0 bridgehead atoms. The van der Waals surface area contributed by atoms with E-state index in [1.54, 1.807) is 21.3 Å². The topological polar surface area (TPSA) is 115 Å². The van der Waals surface area contributed by atoms with Crippen LogP contribution in [0.15, 0.2) is 0 Å². The number of unbranched alkanes of at least 4 members (excludes halogenated alkanes) is 5. The van der Waals surface area contributed by atoms with Crippen molar-refractivity contribution in [1.29, 1.82) is 0 Å². The number of nitrogens with one attached hydrogen (secondary N) is 2. The number of aliphatic hydroxyl groups excluding tert-OH is 1. The minimum atomic E-state index is -2.54. The Kier molecular flexibility index (Phi) is 20.1. The Morgan fingerprint density at radius 2 is 1.19 bits per heavy atom. The first kappa shape index (κ1) is 30.0. The molecule has 0 rings (SSSR count). The molecule has 31 heavy (non-hydrogen) atoms. The third-order valence-corrected chi connectivity index (χ3v) is 7.82. The largest absolute Gasteiger partial charge is 0.500 e. The van der Waals surface area contributed by atoms with E-state index in [1.807, 2.05) is 0 Å². The van der Waals surface area contributed by atoms with Crippen LogP contribution in [0.25, 0.3) is 0 Å². The van der Waals surface area contributed by atoms with Crippen LogP contribution in [0.1, 0.15) is 64.2 Å². The Bertz CT molecular complexity index is 443. The molecule has 0 radical (unpaired) electrons. The van der Waals surface area contributed by atoms with Gasteiger partial charge < -0.3 is 33.8 Å². The van der Waals surface area contributed by atoms with Gasteiger partial charge in [-0.2, -0.15) is 0 Å². The molecule has 0 atom stereocenters. The monoisotopic (exact) mass is 464 g/mol. The molecular formula is C21H44N2O7Si. The highest BCUT2D eigenvalue weighted by Crippen LogP contribution is 2.14. The van der Waals surface area contributed by atoms with Gasteiger partial charge in [-0.15, -0.1) is 0 Å². The van der Waals surface area contributed by atoms with Gasteiger partial charge in [-0.3, -0.25) is 9.59 Å². The summed E-state index contributed by atoms with van der Waals surface area (Å²) in [6, 6.07) is 0.675. The molecule has 0 spiro atoms. The van der Waals surface area contributed by atoms with Gasteiger partial charge in [-0.25, -0.2) is 0 Å². The quantitative estimate of drug-likeness (QED) is 0.166. The molecule has 0 unspecified atom stereocenters. The summed E-state index contributed by atoms with van der Waals surface area (Å²) in [6.45, 7) is 2.38. The van der Waals surface area contributed by atoms with Gasteiger partial charge in [0.25, 0.3) is 0 Å². The number of aliphatic hydroxyl groups is 1. The van der Waals surface area contributed by atoms with Crippen LogP contribution < -0.4 is 10.6 Å². The molecule has 9 nitrogen and oxygen atoms in total. The number of hydrogen-bond acceptors (Lipinski definition) is 7. The molecule has 2 amide bonds. The van der Waals surface area contributed by atoms with E-state index in [0.29, 0.717) is 32.0 Å². The van der Waals surface area contributed by atoms with Crippen LogP contribution in [0, 0.1) is 0 Å². The summed E-state index contributed by atoms with van der Waals surface area (Å²) in [5, 5.41) is 14.2. The SMILES string of the molecule is CO[Si](CCCNC(=O)CCCCCOCCCCCCC(=O)NCCO)(OC)OC. The number of carbonyl (C=O) groups is 2. The number of amides is 2. The third kappa shape index (κ3) is 17.2. The first-order valence-corrected chi connectivity index (χ1v) is 13.3. The summed E-state index contributed by atoms with van der Waals surface area (Å²) in [5.74, 6) is 0.0800. The van der Waals surface area contributed by atoms with Crippen molar-refractivity contribution < 1.29 is 32.7 Å². The summed E-state index contributed by atoms with van der Waals surface area (Å²) in [7, 11) is 2.23. The maximum atomic E-state index is 11.9. The molecule has 0 aliphatic rings. The van der Waals surface area contributed by atoms with Crippen molar-refractivity contribution in [3.8, 4) is 0 Å². The average molecular weight is 465 g/mol. The van der Waals surface area contributed by atoms with Crippen LogP contribution in [0.3, 0.4) is 0 Å². The van der Waals surface area contributed by atoms with E-state index in [9.17, 15) is 9.59 Å². The smallest absolute Gasteiger partial charge is 0.395 e. The van der Waals surface area contributed by atoms with E-state index in [2.05, 4.69) is 10.6 Å². The van der Waals surface area contributed by atoms with E-state index in [4.69, 9.17) is 23.1 Å². The van der Waals surface area contributed by atoms with E-state index in [-0.39, 0.29) is 18.4 Å². The molecule has 0 saturated carbocycles. The number of rotatable bonds is 22. The summed E-state index contributed by atoms with van der Waals surface area (Å²) < 4.78 is 21.7. The molecule has 184 valence electrons. The van der Waals surface area contributed by atoms with Gasteiger partial charge in [0.15, 0.2) is 0 Å². The van der Waals surface area contributed by atoms with Gasteiger partial charge in [0.2, 0.25) is 11.8 Å². The number of hydrogen-bond donors (Lipinski definition) is 3. The minimum Gasteiger partial charge on any atom is -0.395 e. The van der Waals surface area contributed by atoms with E-state index in [0.717, 1.165) is 64.6 Å². The first-order chi connectivity index (χ1) is 15.0. The van der Waals surface area contributed by atoms with Crippen molar-refractivity contribution in [3.63, 3.8) is 0 Å². The minimum absolute atomic E-state index is 0.00551. The van der Waals surface area contributed by atoms with Crippen LogP contribution in [-0.4, -0.2) is 80.0 Å². The van der Waals surface area contributed by atoms with Crippen molar-refractivity contribution in [2.75, 3.05) is 54.2 Å². The molecular weight excluding hydrogens is 420 g/mol. The fraction of sp³-hybridized carbons (Fsp3) is 0.905. The molecule has 0 aromatic rings. The third-order valence-electron chi connectivity index (χ3n) is 4.98. The lowest BCUT2D eigenvalue weighted by molar-refractivity contribution is -0.122. The lowest BCUT2D eigenvalue weighted by Gasteiger charge is -2.24. The normalized spacial score (nSPS) is 11.5. The van der Waals surface area contributed by atoms with Crippen LogP contribution in [-0.2, 0) is 27.6 Å². The number of carbonyl (C=O) groups excluding carboxylic acids is 2. The second kappa shape index (κ2) is 20.8. The van der Waals surface area contributed by atoms with Gasteiger partial charge in [0.05, 0.1) is 6.61 Å². The molecule has 0 heterocycles. The standard InChI is InChI=1S/C21H44N2O7Si/c1-27-31(28-2,29-3)19-11-14-22-20(25)13-8-6-10-18-30-17-9-5-4-7-12-21(26)23-15-16-24/h24H,4-19H2,1-3H3,(H,22,25)(H,23,26). The zero-order valence-electron chi connectivity index (χ0n) is 19.7. The number of ether oxygens (including phenoxy) is 1. The highest BCUT2D eigenvalue weighted by atomic mass is 28.4. The van der Waals surface area contributed by atoms with Crippen LogP contribution in [0.5, 0.6) is 0 Å². The Morgan fingerprint density at radius 1 is 0.710 bits per heavy atom. The van der Waals surface area contributed by atoms with E-state index < -0.39 is 8.80 Å². The van der Waals surface area contributed by atoms with E-state index >= 15 is 0 Å². The summed E-state index contributed by atoms with van der Waals surface area (Å²) in [6.07, 6.45) is 8.54. The van der Waals surface area contributed by atoms with Gasteiger partial charge in [0, 0.05) is 66.5 Å². The second-order valence-electron chi connectivity index (χ2n) is 7.41. The summed E-state index contributed by atoms with van der Waals surface area (Å²) in [4.78, 5) is 23.2. The van der Waals surface area contributed by atoms with Gasteiger partial charge in [-0.1, -0.05) is 19.3 Å². The Labute approximate surface area is 188 Å². The Hall–Kier alpha value is -1.04. The predicted octanol–water partition coefficient (Wildman–Crippen LogP) is 2.01. The highest BCUT2D eigenvalue weighted by molar-refractivity contribution is 6.60. The van der Waals surface area contributed by atoms with Gasteiger partial charge in [-0.05, 0) is 32.1 Å². The maximum absolute atomic E-state index is 11.9. The van der Waals surface area contributed by atoms with Crippen molar-refractivity contribution >= 4 is 20.6 Å². The fourth-order valence-electron chi connectivity index (χ4n) is 3.07. The van der Waals surface area contributed by atoms with Crippen molar-refractivity contribution in [2.24, 2.45) is 0 Å². The van der Waals surface area contributed by atoms with Crippen molar-refractivity contribution in [2.45, 2.75) is 70.3 Å². The Balaban J connectivity index is 3.40. The van der Waals surface area contributed by atoms with Crippen LogP contribution in [0.4, 0.5) is 0 Å². The van der Waals surface area contributed by atoms with E-state index in [1.165, 1.54) is 0 Å². The van der Waals surface area contributed by atoms with Crippen LogP contribution in [0.2, 0.25) is 6.04 Å². The maximum Gasteiger partial charge on any atom is 0.500 e. The Morgan fingerprint density at radius 3 is 1.71 bits per heavy atom. The fourth-order valence-corrected chi connectivity index (χ4v) is 4.79. The molecule has 0 aliphatic heterocycles. The highest BCUT2D eigenvalue weighted by Gasteiger charge is 2.36. The molecule has 0 fully saturated rings. The lowest BCUT2D eigenvalue weighted by atomic mass is 10.1. The summed E-state index contributed by atoms with van der Waals surface area (Å²) in [5.41, 5.74) is 0. The second-order valence-corrected chi connectivity index (χ2v) is 10.5. The molecule has 0 aromatic heterocycles.